The van der Waals surface area contributed by atoms with E-state index in [0.717, 1.165) is 6.54 Å². The van der Waals surface area contributed by atoms with Crippen LogP contribution in [-0.4, -0.2) is 12.1 Å². The molecule has 2 heteroatoms. The maximum atomic E-state index is 5.35. The first-order valence-corrected chi connectivity index (χ1v) is 3.76. The molecule has 0 heterocycles. The molecule has 0 radical (unpaired) electrons. The van der Waals surface area contributed by atoms with Crippen LogP contribution in [0.3, 0.4) is 0 Å². The summed E-state index contributed by atoms with van der Waals surface area (Å²) < 4.78 is 0. The molecular formula is C8H22N2. The number of hydrogen-bond donors (Lipinski definition) is 2. The van der Waals surface area contributed by atoms with Crippen LogP contribution in [0, 0.1) is 5.92 Å². The second kappa shape index (κ2) is 5.69. The third-order valence-corrected chi connectivity index (χ3v) is 0.471. The van der Waals surface area contributed by atoms with Gasteiger partial charge in [0, 0.05) is 5.54 Å². The van der Waals surface area contributed by atoms with Gasteiger partial charge in [-0.2, -0.15) is 0 Å². The first-order chi connectivity index (χ1) is 4.27. The van der Waals surface area contributed by atoms with Crippen LogP contribution in [0.1, 0.15) is 34.6 Å². The third-order valence-electron chi connectivity index (χ3n) is 0.471. The van der Waals surface area contributed by atoms with Crippen molar-refractivity contribution in [1.29, 1.82) is 0 Å². The third kappa shape index (κ3) is 103. The Balaban J connectivity index is 0. The first-order valence-electron chi connectivity index (χ1n) is 3.76. The highest BCUT2D eigenvalue weighted by Crippen LogP contribution is 1.88. The van der Waals surface area contributed by atoms with Gasteiger partial charge in [0.1, 0.15) is 0 Å². The molecule has 0 aliphatic carbocycles. The van der Waals surface area contributed by atoms with Crippen molar-refractivity contribution in [2.45, 2.75) is 40.2 Å². The minimum Gasteiger partial charge on any atom is -0.330 e. The van der Waals surface area contributed by atoms with Crippen molar-refractivity contribution >= 4 is 0 Å². The maximum absolute atomic E-state index is 5.35. The molecular weight excluding hydrogens is 124 g/mol. The van der Waals surface area contributed by atoms with Crippen LogP contribution < -0.4 is 11.5 Å². The predicted octanol–water partition coefficient (Wildman–Crippen LogP) is 1.34. The van der Waals surface area contributed by atoms with E-state index in [2.05, 4.69) is 13.8 Å². The summed E-state index contributed by atoms with van der Waals surface area (Å²) in [4.78, 5) is 0. The van der Waals surface area contributed by atoms with E-state index >= 15 is 0 Å². The van der Waals surface area contributed by atoms with Crippen LogP contribution >= 0.6 is 0 Å². The Kier molecular flexibility index (Phi) is 7.15. The summed E-state index contributed by atoms with van der Waals surface area (Å²) in [6, 6.07) is 0. The van der Waals surface area contributed by atoms with E-state index in [4.69, 9.17) is 11.5 Å². The first kappa shape index (κ1) is 12.6. The van der Waals surface area contributed by atoms with Crippen molar-refractivity contribution in [3.8, 4) is 0 Å². The lowest BCUT2D eigenvalue weighted by Gasteiger charge is -2.06. The molecule has 64 valence electrons. The summed E-state index contributed by atoms with van der Waals surface area (Å²) in [6.45, 7) is 10.9. The summed E-state index contributed by atoms with van der Waals surface area (Å²) in [5.74, 6) is 0.662. The van der Waals surface area contributed by atoms with Gasteiger partial charge in [-0.05, 0) is 33.2 Å². The van der Waals surface area contributed by atoms with Crippen LogP contribution in [0.15, 0.2) is 0 Å². The summed E-state index contributed by atoms with van der Waals surface area (Å²) >= 11 is 0. The largest absolute Gasteiger partial charge is 0.330 e. The van der Waals surface area contributed by atoms with Gasteiger partial charge in [-0.1, -0.05) is 13.8 Å². The monoisotopic (exact) mass is 146 g/mol. The Labute approximate surface area is 65.0 Å². The van der Waals surface area contributed by atoms with E-state index in [1.54, 1.807) is 0 Å². The number of nitrogens with two attached hydrogens (primary N) is 2. The number of hydrogen-bond acceptors (Lipinski definition) is 2. The molecule has 0 saturated heterocycles. The number of rotatable bonds is 1. The minimum absolute atomic E-state index is 0. The lowest BCUT2D eigenvalue weighted by Crippen LogP contribution is -2.26. The lowest BCUT2D eigenvalue weighted by atomic mass is 10.1. The highest BCUT2D eigenvalue weighted by Gasteiger charge is 1.95. The van der Waals surface area contributed by atoms with Crippen molar-refractivity contribution in [3.05, 3.63) is 0 Å². The normalized spacial score (nSPS) is 10.8. The van der Waals surface area contributed by atoms with Gasteiger partial charge in [-0.15, -0.1) is 0 Å². The quantitative estimate of drug-likeness (QED) is 0.586. The van der Waals surface area contributed by atoms with Crippen LogP contribution in [0.4, 0.5) is 0 Å². The van der Waals surface area contributed by atoms with Gasteiger partial charge < -0.3 is 11.5 Å². The average molecular weight is 146 g/mol. The molecule has 0 saturated carbocycles. The van der Waals surface area contributed by atoms with E-state index in [1.807, 2.05) is 20.8 Å². The fourth-order valence-corrected chi connectivity index (χ4v) is 0. The Hall–Kier alpha value is -0.0800. The van der Waals surface area contributed by atoms with E-state index in [1.165, 1.54) is 0 Å². The zero-order valence-corrected chi connectivity index (χ0v) is 7.94. The SMILES string of the molecule is CC(C)(C)N.CC(C)CN. The molecule has 0 rings (SSSR count). The Morgan fingerprint density at radius 3 is 1.30 bits per heavy atom. The molecule has 0 aromatic rings. The maximum Gasteiger partial charge on any atom is 0.00686 e. The predicted molar refractivity (Wildman–Crippen MR) is 47.8 cm³/mol. The highest BCUT2D eigenvalue weighted by atomic mass is 14.7. The van der Waals surface area contributed by atoms with E-state index in [0.29, 0.717) is 5.92 Å². The molecule has 2 nitrogen and oxygen atoms in total. The average Bonchev–Trinajstić information content (AvgIpc) is 1.61. The van der Waals surface area contributed by atoms with Crippen LogP contribution in [0.5, 0.6) is 0 Å². The molecule has 0 bridgehead atoms. The van der Waals surface area contributed by atoms with Crippen molar-refractivity contribution in [2.75, 3.05) is 6.54 Å². The topological polar surface area (TPSA) is 52.0 Å². The molecule has 0 aromatic heterocycles. The Morgan fingerprint density at radius 2 is 1.30 bits per heavy atom. The molecule has 0 aliphatic rings. The Morgan fingerprint density at radius 1 is 1.20 bits per heavy atom. The molecule has 0 aromatic carbocycles. The molecule has 0 atom stereocenters. The second-order valence-corrected chi connectivity index (χ2v) is 4.00. The molecule has 0 unspecified atom stereocenters. The standard InChI is InChI=1S/2C4H11N/c1-4(2,3)5;1-4(2)3-5/h5H2,1-3H3;4H,3,5H2,1-2H3. The molecule has 4 N–H and O–H groups in total. The Bertz CT molecular complexity index is 56.1. The van der Waals surface area contributed by atoms with Gasteiger partial charge in [0.2, 0.25) is 0 Å². The van der Waals surface area contributed by atoms with Crippen molar-refractivity contribution in [1.82, 2.24) is 0 Å². The summed E-state index contributed by atoms with van der Waals surface area (Å²) in [5, 5.41) is 0. The highest BCUT2D eigenvalue weighted by molar-refractivity contribution is 4.60. The van der Waals surface area contributed by atoms with E-state index in [9.17, 15) is 0 Å². The van der Waals surface area contributed by atoms with Crippen molar-refractivity contribution in [3.63, 3.8) is 0 Å². The molecule has 0 amide bonds. The summed E-state index contributed by atoms with van der Waals surface area (Å²) in [7, 11) is 0. The summed E-state index contributed by atoms with van der Waals surface area (Å²) in [6.07, 6.45) is 0. The molecule has 0 aliphatic heterocycles. The molecule has 0 fully saturated rings. The van der Waals surface area contributed by atoms with Crippen LogP contribution in [0.25, 0.3) is 0 Å². The molecule has 10 heavy (non-hydrogen) atoms. The second-order valence-electron chi connectivity index (χ2n) is 4.00. The van der Waals surface area contributed by atoms with E-state index < -0.39 is 0 Å². The van der Waals surface area contributed by atoms with Gasteiger partial charge in [-0.25, -0.2) is 0 Å². The van der Waals surface area contributed by atoms with Crippen molar-refractivity contribution < 1.29 is 0 Å². The smallest absolute Gasteiger partial charge is 0.00686 e. The zero-order chi connectivity index (χ0) is 8.78. The van der Waals surface area contributed by atoms with Crippen LogP contribution in [-0.2, 0) is 0 Å². The van der Waals surface area contributed by atoms with Crippen molar-refractivity contribution in [2.24, 2.45) is 17.4 Å². The van der Waals surface area contributed by atoms with Gasteiger partial charge in [0.25, 0.3) is 0 Å². The lowest BCUT2D eigenvalue weighted by molar-refractivity contribution is 0.580. The fourth-order valence-electron chi connectivity index (χ4n) is 0. The van der Waals surface area contributed by atoms with E-state index in [-0.39, 0.29) is 5.54 Å². The van der Waals surface area contributed by atoms with Gasteiger partial charge in [0.15, 0.2) is 0 Å². The van der Waals surface area contributed by atoms with Gasteiger partial charge >= 0.3 is 0 Å². The fraction of sp³-hybridized carbons (Fsp3) is 1.00. The zero-order valence-electron chi connectivity index (χ0n) is 7.94. The summed E-state index contributed by atoms with van der Waals surface area (Å²) in [5.41, 5.74) is 10.5. The van der Waals surface area contributed by atoms with Gasteiger partial charge in [0.05, 0.1) is 0 Å². The molecule has 0 spiro atoms. The minimum atomic E-state index is 0. The van der Waals surface area contributed by atoms with Crippen LogP contribution in [0.2, 0.25) is 0 Å². The van der Waals surface area contributed by atoms with Gasteiger partial charge in [-0.3, -0.25) is 0 Å².